The predicted octanol–water partition coefficient (Wildman–Crippen LogP) is 2.94. The Morgan fingerprint density at radius 1 is 1.00 bits per heavy atom. The number of ketones is 2. The van der Waals surface area contributed by atoms with Crippen LogP contribution in [0.2, 0.25) is 0 Å². The van der Waals surface area contributed by atoms with E-state index in [9.17, 15) is 44.4 Å². The number of phenols is 1. The Labute approximate surface area is 288 Å². The molecule has 4 aliphatic rings. The average Bonchev–Trinajstić information content (AvgIpc) is 3.06. The Bertz CT molecular complexity index is 1850. The number of carbonyl (C=O) groups is 5. The molecule has 2 fully saturated rings. The molecule has 0 aliphatic heterocycles. The summed E-state index contributed by atoms with van der Waals surface area (Å²) in [6, 6.07) is 8.97. The molecular weight excluding hydrogens is 646 g/mol. The van der Waals surface area contributed by atoms with E-state index >= 15 is 0 Å². The highest BCUT2D eigenvalue weighted by atomic mass is 16.5. The van der Waals surface area contributed by atoms with Gasteiger partial charge in [0.2, 0.25) is 11.7 Å². The second-order valence-corrected chi connectivity index (χ2v) is 14.0. The zero-order valence-electron chi connectivity index (χ0n) is 28.1. The minimum atomic E-state index is -2.71. The van der Waals surface area contributed by atoms with Crippen molar-refractivity contribution in [3.8, 4) is 16.9 Å². The van der Waals surface area contributed by atoms with E-state index in [-0.39, 0.29) is 53.4 Å². The van der Waals surface area contributed by atoms with E-state index in [1.165, 1.54) is 18.1 Å². The first kappa shape index (κ1) is 34.8. The number of rotatable bonds is 7. The number of ether oxygens (including phenoxy) is 1. The van der Waals surface area contributed by atoms with Gasteiger partial charge in [-0.2, -0.15) is 0 Å². The molecule has 13 nitrogen and oxygen atoms in total. The minimum absolute atomic E-state index is 0.00177. The maximum atomic E-state index is 14.1. The fraction of sp³-hybridized carbons (Fsp3) is 0.432. The number of hydrogen-bond acceptors (Lipinski definition) is 11. The van der Waals surface area contributed by atoms with Gasteiger partial charge in [-0.05, 0) is 99.3 Å². The number of primary amides is 1. The number of fused-ring (bicyclic) bond motifs is 3. The Balaban J connectivity index is 1.27. The molecule has 2 amide bonds. The standard InChI is InChI=1S/C37H41N3O10/c1-40(2)30-24-16-20-15-23-22(18-8-10-21(11-9-18)39-26(42)14-17-4-6-19(7-5-17)36(48)50-3)12-13-25(41)28(23)31(43)27(20)33(45)37(24,49)34(46)29(32(30)44)35(38)47/h8-13,17,19-20,24,30,41,43,46,49H,4-7,14-16H2,1-3H3,(H2,38,47)(H,39,42)/t17?,19?,20-,24-,30-,37-/m0/s1. The highest BCUT2D eigenvalue weighted by Gasteiger charge is 2.64. The van der Waals surface area contributed by atoms with Gasteiger partial charge < -0.3 is 36.2 Å². The number of amides is 2. The lowest BCUT2D eigenvalue weighted by Crippen LogP contribution is -2.65. The summed E-state index contributed by atoms with van der Waals surface area (Å²) in [6.45, 7) is 0. The number of likely N-dealkylation sites (N-methyl/N-ethyl adjacent to an activating group) is 1. The third-order valence-electron chi connectivity index (χ3n) is 10.9. The summed E-state index contributed by atoms with van der Waals surface area (Å²) in [5, 5.41) is 48.2. The van der Waals surface area contributed by atoms with Crippen LogP contribution in [0.25, 0.3) is 16.9 Å². The molecule has 2 aromatic rings. The molecule has 0 saturated heterocycles. The van der Waals surface area contributed by atoms with Crippen LogP contribution in [0.1, 0.15) is 49.7 Å². The van der Waals surface area contributed by atoms with Gasteiger partial charge >= 0.3 is 5.97 Å². The Morgan fingerprint density at radius 2 is 1.66 bits per heavy atom. The summed E-state index contributed by atoms with van der Waals surface area (Å²) in [7, 11) is 4.48. The number of aliphatic hydroxyl groups excluding tert-OH is 2. The number of aromatic hydroxyl groups is 1. The summed E-state index contributed by atoms with van der Waals surface area (Å²) in [6.07, 6.45) is 3.40. The van der Waals surface area contributed by atoms with E-state index < -0.39 is 58.0 Å². The maximum Gasteiger partial charge on any atom is 0.308 e. The number of nitrogens with one attached hydrogen (secondary N) is 1. The molecule has 6 rings (SSSR count). The van der Waals surface area contributed by atoms with Crippen LogP contribution in [0.15, 0.2) is 53.3 Å². The van der Waals surface area contributed by atoms with Crippen LogP contribution < -0.4 is 11.1 Å². The fourth-order valence-corrected chi connectivity index (χ4v) is 8.49. The van der Waals surface area contributed by atoms with Crippen molar-refractivity contribution in [2.24, 2.45) is 29.4 Å². The van der Waals surface area contributed by atoms with Crippen molar-refractivity contribution >= 4 is 40.8 Å². The van der Waals surface area contributed by atoms with Crippen LogP contribution in [0.4, 0.5) is 5.69 Å². The summed E-state index contributed by atoms with van der Waals surface area (Å²) in [5.41, 5.74) is 4.08. The summed E-state index contributed by atoms with van der Waals surface area (Å²) >= 11 is 0. The molecule has 13 heteroatoms. The smallest absolute Gasteiger partial charge is 0.308 e. The van der Waals surface area contributed by atoms with Crippen molar-refractivity contribution in [2.75, 3.05) is 26.5 Å². The first-order valence-electron chi connectivity index (χ1n) is 16.7. The molecule has 2 aromatic carbocycles. The maximum absolute atomic E-state index is 14.1. The first-order valence-corrected chi connectivity index (χ1v) is 16.7. The highest BCUT2D eigenvalue weighted by Crippen LogP contribution is 2.53. The lowest BCUT2D eigenvalue weighted by atomic mass is 9.57. The molecular formula is C37H41N3O10. The Morgan fingerprint density at radius 3 is 2.26 bits per heavy atom. The van der Waals surface area contributed by atoms with Crippen LogP contribution in [-0.4, -0.2) is 87.5 Å². The number of Topliss-reactive ketones (excluding diaryl/α,β-unsaturated/α-hetero) is 2. The van der Waals surface area contributed by atoms with Crippen molar-refractivity contribution in [3.63, 3.8) is 0 Å². The van der Waals surface area contributed by atoms with Crippen LogP contribution in [0.5, 0.6) is 5.75 Å². The van der Waals surface area contributed by atoms with Crippen molar-refractivity contribution in [1.82, 2.24) is 4.90 Å². The lowest BCUT2D eigenvalue weighted by Gasteiger charge is -2.50. The van der Waals surface area contributed by atoms with Gasteiger partial charge in [0.1, 0.15) is 22.8 Å². The number of aliphatic hydroxyl groups is 3. The number of carbonyl (C=O) groups excluding carboxylic acids is 5. The second-order valence-electron chi connectivity index (χ2n) is 14.0. The number of esters is 1. The van der Waals surface area contributed by atoms with Gasteiger partial charge in [-0.3, -0.25) is 28.9 Å². The summed E-state index contributed by atoms with van der Waals surface area (Å²) < 4.78 is 4.84. The van der Waals surface area contributed by atoms with Crippen molar-refractivity contribution < 1.29 is 49.1 Å². The third kappa shape index (κ3) is 5.63. The Hall–Kier alpha value is -5.01. The lowest BCUT2D eigenvalue weighted by molar-refractivity contribution is -0.153. The molecule has 2 saturated carbocycles. The van der Waals surface area contributed by atoms with E-state index in [2.05, 4.69) is 5.32 Å². The number of anilines is 1. The number of hydrogen-bond donors (Lipinski definition) is 6. The van der Waals surface area contributed by atoms with Gasteiger partial charge in [-0.1, -0.05) is 18.2 Å². The van der Waals surface area contributed by atoms with Crippen LogP contribution in [0, 0.1) is 23.7 Å². The highest BCUT2D eigenvalue weighted by molar-refractivity contribution is 6.24. The zero-order chi connectivity index (χ0) is 36.2. The number of benzene rings is 2. The van der Waals surface area contributed by atoms with Crippen molar-refractivity contribution in [1.29, 1.82) is 0 Å². The van der Waals surface area contributed by atoms with E-state index in [1.54, 1.807) is 44.4 Å². The van der Waals surface area contributed by atoms with Gasteiger partial charge in [0, 0.05) is 23.6 Å². The number of phenolic OH excluding ortho intramolecular Hbond substituents is 1. The van der Waals surface area contributed by atoms with Crippen LogP contribution in [-0.2, 0) is 35.1 Å². The molecule has 4 atom stereocenters. The number of nitrogens with zero attached hydrogens (tertiary/aromatic N) is 1. The molecule has 4 aliphatic carbocycles. The molecule has 50 heavy (non-hydrogen) atoms. The number of methoxy groups -OCH3 is 1. The SMILES string of the molecule is COC(=O)C1CCC(CC(=O)Nc2ccc(-c3ccc(O)c4c3C[C@H]3C[C@H]5[C@H](N(C)C)C(=O)C(C(N)=O)=C(O)[C@@]5(O)C(=O)C3=C4O)cc2)CC1. The van der Waals surface area contributed by atoms with Gasteiger partial charge in [0.05, 0.1) is 24.6 Å². The Kier molecular flexibility index (Phi) is 9.08. The molecule has 0 radical (unpaired) electrons. The van der Waals surface area contributed by atoms with Crippen LogP contribution >= 0.6 is 0 Å². The summed E-state index contributed by atoms with van der Waals surface area (Å²) in [4.78, 5) is 65.7. The largest absolute Gasteiger partial charge is 0.508 e. The molecule has 264 valence electrons. The normalized spacial score (nSPS) is 27.7. The average molecular weight is 688 g/mol. The van der Waals surface area contributed by atoms with Crippen molar-refractivity contribution in [2.45, 2.75) is 56.6 Å². The molecule has 7 N–H and O–H groups in total. The first-order chi connectivity index (χ1) is 23.7. The quantitative estimate of drug-likeness (QED) is 0.184. The van der Waals surface area contributed by atoms with Gasteiger partial charge in [0.25, 0.3) is 5.91 Å². The number of nitrogens with two attached hydrogens (primary N) is 1. The van der Waals surface area contributed by atoms with Gasteiger partial charge in [0.15, 0.2) is 11.4 Å². The fourth-order valence-electron chi connectivity index (χ4n) is 8.49. The van der Waals surface area contributed by atoms with Gasteiger partial charge in [-0.15, -0.1) is 0 Å². The molecule has 0 aromatic heterocycles. The minimum Gasteiger partial charge on any atom is -0.508 e. The van der Waals surface area contributed by atoms with E-state index in [4.69, 9.17) is 10.5 Å². The van der Waals surface area contributed by atoms with Crippen molar-refractivity contribution in [3.05, 3.63) is 64.4 Å². The monoisotopic (exact) mass is 687 g/mol. The van der Waals surface area contributed by atoms with E-state index in [1.807, 2.05) is 0 Å². The van der Waals surface area contributed by atoms with Gasteiger partial charge in [-0.25, -0.2) is 0 Å². The van der Waals surface area contributed by atoms with E-state index in [0.29, 0.717) is 41.6 Å². The summed E-state index contributed by atoms with van der Waals surface area (Å²) in [5.74, 6) is -7.33. The molecule has 0 heterocycles. The van der Waals surface area contributed by atoms with Crippen LogP contribution in [0.3, 0.4) is 0 Å². The zero-order valence-corrected chi connectivity index (χ0v) is 28.1. The molecule has 0 spiro atoms. The predicted molar refractivity (Wildman–Crippen MR) is 180 cm³/mol. The third-order valence-corrected chi connectivity index (χ3v) is 10.9. The molecule has 0 unspecified atom stereocenters. The molecule has 0 bridgehead atoms. The topological polar surface area (TPSA) is 217 Å². The van der Waals surface area contributed by atoms with E-state index in [0.717, 1.165) is 12.8 Å². The second kappa shape index (κ2) is 13.0.